The molecule has 1 saturated carbocycles. The zero-order valence-electron chi connectivity index (χ0n) is 12.9. The Labute approximate surface area is 134 Å². The molecular formula is C18H18N2O3. The van der Waals surface area contributed by atoms with Gasteiger partial charge >= 0.3 is 0 Å². The summed E-state index contributed by atoms with van der Waals surface area (Å²) in [7, 11) is 1.67. The van der Waals surface area contributed by atoms with Crippen LogP contribution in [-0.4, -0.2) is 23.0 Å². The molecule has 0 N–H and O–H groups in total. The van der Waals surface area contributed by atoms with E-state index in [1.54, 1.807) is 19.2 Å². The summed E-state index contributed by atoms with van der Waals surface area (Å²) in [5, 5.41) is 10.9. The lowest BCUT2D eigenvalue weighted by Crippen LogP contribution is -2.29. The quantitative estimate of drug-likeness (QED) is 0.641. The second-order valence-corrected chi connectivity index (χ2v) is 6.30. The number of benzene rings is 2. The third kappa shape index (κ3) is 2.57. The van der Waals surface area contributed by atoms with Gasteiger partial charge < -0.3 is 4.74 Å². The van der Waals surface area contributed by atoms with Gasteiger partial charge in [0.15, 0.2) is 0 Å². The smallest absolute Gasteiger partial charge is 0.269 e. The molecule has 0 radical (unpaired) electrons. The Kier molecular flexibility index (Phi) is 3.31. The van der Waals surface area contributed by atoms with Crippen molar-refractivity contribution in [3.8, 4) is 5.75 Å². The highest BCUT2D eigenvalue weighted by molar-refractivity contribution is 5.46. The summed E-state index contributed by atoms with van der Waals surface area (Å²) < 4.78 is 5.20. The average molecular weight is 310 g/mol. The molecule has 1 fully saturated rings. The second kappa shape index (κ2) is 5.35. The Bertz CT molecular complexity index is 757. The molecule has 0 spiro atoms. The molecule has 2 aromatic rings. The summed E-state index contributed by atoms with van der Waals surface area (Å²) in [6.07, 6.45) is 1.10. The summed E-state index contributed by atoms with van der Waals surface area (Å²) in [6, 6.07) is 14.0. The Morgan fingerprint density at radius 2 is 2.04 bits per heavy atom. The van der Waals surface area contributed by atoms with E-state index in [-0.39, 0.29) is 10.6 Å². The maximum absolute atomic E-state index is 10.9. The van der Waals surface area contributed by atoms with E-state index in [1.165, 1.54) is 16.7 Å². The predicted molar refractivity (Wildman–Crippen MR) is 86.5 cm³/mol. The van der Waals surface area contributed by atoms with Gasteiger partial charge in [-0.05, 0) is 35.2 Å². The van der Waals surface area contributed by atoms with E-state index in [4.69, 9.17) is 4.74 Å². The van der Waals surface area contributed by atoms with Gasteiger partial charge in [-0.3, -0.25) is 15.0 Å². The van der Waals surface area contributed by atoms with Crippen LogP contribution in [0.5, 0.6) is 5.75 Å². The number of ether oxygens (including phenoxy) is 1. The van der Waals surface area contributed by atoms with Crippen LogP contribution >= 0.6 is 0 Å². The molecule has 0 amide bonds. The van der Waals surface area contributed by atoms with Crippen molar-refractivity contribution >= 4 is 5.69 Å². The Hall–Kier alpha value is -2.40. The minimum Gasteiger partial charge on any atom is -0.497 e. The van der Waals surface area contributed by atoms with Crippen LogP contribution in [-0.2, 0) is 13.1 Å². The monoisotopic (exact) mass is 310 g/mol. The number of rotatable bonds is 4. The summed E-state index contributed by atoms with van der Waals surface area (Å²) in [6.45, 7) is 1.77. The maximum atomic E-state index is 10.9. The van der Waals surface area contributed by atoms with Gasteiger partial charge in [-0.15, -0.1) is 0 Å². The van der Waals surface area contributed by atoms with Crippen LogP contribution in [0.4, 0.5) is 5.69 Å². The summed E-state index contributed by atoms with van der Waals surface area (Å²) >= 11 is 0. The molecule has 5 nitrogen and oxygen atoms in total. The number of non-ortho nitro benzene ring substituents is 1. The van der Waals surface area contributed by atoms with E-state index < -0.39 is 0 Å². The molecular weight excluding hydrogens is 292 g/mol. The molecule has 2 aliphatic rings. The molecule has 23 heavy (non-hydrogen) atoms. The van der Waals surface area contributed by atoms with E-state index in [1.807, 2.05) is 18.2 Å². The average Bonchev–Trinajstić information content (AvgIpc) is 3.36. The van der Waals surface area contributed by atoms with Crippen molar-refractivity contribution < 1.29 is 9.66 Å². The van der Waals surface area contributed by atoms with Crippen LogP contribution in [0.1, 0.15) is 29.0 Å². The predicted octanol–water partition coefficient (Wildman–Crippen LogP) is 3.48. The number of fused-ring (bicyclic) bond motifs is 3. The van der Waals surface area contributed by atoms with Gasteiger partial charge in [0.05, 0.1) is 12.0 Å². The number of nitro groups is 1. The molecule has 1 aliphatic heterocycles. The van der Waals surface area contributed by atoms with Crippen LogP contribution < -0.4 is 4.74 Å². The maximum Gasteiger partial charge on any atom is 0.269 e. The van der Waals surface area contributed by atoms with E-state index in [9.17, 15) is 10.1 Å². The lowest BCUT2D eigenvalue weighted by molar-refractivity contribution is -0.384. The van der Waals surface area contributed by atoms with Gasteiger partial charge in [0.2, 0.25) is 0 Å². The van der Waals surface area contributed by atoms with Crippen molar-refractivity contribution in [3.05, 3.63) is 69.3 Å². The molecule has 0 aromatic heterocycles. The highest BCUT2D eigenvalue weighted by Gasteiger charge is 2.47. The number of methoxy groups -OCH3 is 1. The Balaban J connectivity index is 1.54. The minimum absolute atomic E-state index is 0.206. The van der Waals surface area contributed by atoms with Crippen LogP contribution in [0.3, 0.4) is 0 Å². The lowest BCUT2D eigenvalue weighted by Gasteiger charge is -2.28. The number of nitro benzene ring substituents is 1. The summed E-state index contributed by atoms with van der Waals surface area (Å²) in [5.74, 6) is 1.33. The number of hydrogen-bond acceptors (Lipinski definition) is 4. The Morgan fingerprint density at radius 1 is 1.26 bits per heavy atom. The van der Waals surface area contributed by atoms with Gasteiger partial charge in [0.25, 0.3) is 5.69 Å². The second-order valence-electron chi connectivity index (χ2n) is 6.30. The minimum atomic E-state index is -0.304. The van der Waals surface area contributed by atoms with Gasteiger partial charge in [-0.1, -0.05) is 18.2 Å². The molecule has 0 bridgehead atoms. The Morgan fingerprint density at radius 3 is 2.74 bits per heavy atom. The van der Waals surface area contributed by atoms with E-state index >= 15 is 0 Å². The van der Waals surface area contributed by atoms with E-state index in [0.29, 0.717) is 12.0 Å². The van der Waals surface area contributed by atoms with Gasteiger partial charge in [-0.25, -0.2) is 0 Å². The molecule has 0 saturated heterocycles. The highest BCUT2D eigenvalue weighted by atomic mass is 16.6. The first-order valence-corrected chi connectivity index (χ1v) is 7.80. The van der Waals surface area contributed by atoms with E-state index in [0.717, 1.165) is 25.3 Å². The van der Waals surface area contributed by atoms with Crippen molar-refractivity contribution in [2.75, 3.05) is 7.11 Å². The number of nitrogens with zero attached hydrogens (tertiary/aromatic N) is 2. The topological polar surface area (TPSA) is 55.6 Å². The molecule has 5 heteroatoms. The number of hydrogen-bond donors (Lipinski definition) is 0. The molecule has 2 unspecified atom stereocenters. The first kappa shape index (κ1) is 14.2. The molecule has 2 aromatic carbocycles. The fourth-order valence-corrected chi connectivity index (χ4v) is 3.58. The standard InChI is InChI=1S/C18H18N2O3/c1-23-15-6-2-12(3-7-15)10-19-11-13-4-5-14(20(21)22)8-16(13)17-9-18(17)19/h2-8,17-18H,9-11H2,1H3. The third-order valence-corrected chi connectivity index (χ3v) is 4.88. The van der Waals surface area contributed by atoms with Crippen LogP contribution in [0.15, 0.2) is 42.5 Å². The van der Waals surface area contributed by atoms with Gasteiger partial charge in [0.1, 0.15) is 5.75 Å². The zero-order valence-corrected chi connectivity index (χ0v) is 12.9. The van der Waals surface area contributed by atoms with Gasteiger partial charge in [0, 0.05) is 37.2 Å². The van der Waals surface area contributed by atoms with Crippen LogP contribution in [0.25, 0.3) is 0 Å². The zero-order chi connectivity index (χ0) is 16.0. The SMILES string of the molecule is COc1ccc(CN2Cc3ccc([N+](=O)[O-])cc3C3CC32)cc1. The fourth-order valence-electron chi connectivity index (χ4n) is 3.58. The fraction of sp³-hybridized carbons (Fsp3) is 0.333. The van der Waals surface area contributed by atoms with E-state index in [2.05, 4.69) is 17.0 Å². The first-order valence-electron chi connectivity index (χ1n) is 7.80. The lowest BCUT2D eigenvalue weighted by atomic mass is 9.98. The van der Waals surface area contributed by atoms with Crippen molar-refractivity contribution in [2.24, 2.45) is 0 Å². The molecule has 1 heterocycles. The molecule has 4 rings (SSSR count). The third-order valence-electron chi connectivity index (χ3n) is 4.88. The van der Waals surface area contributed by atoms with Crippen molar-refractivity contribution in [1.29, 1.82) is 0 Å². The van der Waals surface area contributed by atoms with Crippen molar-refractivity contribution in [3.63, 3.8) is 0 Å². The molecule has 118 valence electrons. The van der Waals surface area contributed by atoms with Crippen LogP contribution in [0, 0.1) is 10.1 Å². The van der Waals surface area contributed by atoms with Crippen molar-refractivity contribution in [2.45, 2.75) is 31.5 Å². The van der Waals surface area contributed by atoms with Crippen LogP contribution in [0.2, 0.25) is 0 Å². The first-order chi connectivity index (χ1) is 11.2. The highest BCUT2D eigenvalue weighted by Crippen LogP contribution is 2.51. The van der Waals surface area contributed by atoms with Gasteiger partial charge in [-0.2, -0.15) is 0 Å². The van der Waals surface area contributed by atoms with Crippen molar-refractivity contribution in [1.82, 2.24) is 4.90 Å². The summed E-state index contributed by atoms with van der Waals surface area (Å²) in [5.41, 5.74) is 3.87. The summed E-state index contributed by atoms with van der Waals surface area (Å²) in [4.78, 5) is 13.1. The normalized spacial score (nSPS) is 22.1. The largest absolute Gasteiger partial charge is 0.497 e. The molecule has 1 aliphatic carbocycles. The molecule has 2 atom stereocenters.